The second kappa shape index (κ2) is 6.76. The van der Waals surface area contributed by atoms with Gasteiger partial charge in [-0.3, -0.25) is 0 Å². The van der Waals surface area contributed by atoms with Crippen molar-refractivity contribution in [3.05, 3.63) is 30.9 Å². The molecule has 0 aliphatic rings. The predicted molar refractivity (Wildman–Crippen MR) is 81.2 cm³/mol. The van der Waals surface area contributed by atoms with Gasteiger partial charge >= 0.3 is 0 Å². The van der Waals surface area contributed by atoms with Crippen molar-refractivity contribution >= 4 is 15.7 Å². The van der Waals surface area contributed by atoms with E-state index in [1.165, 1.54) is 10.4 Å². The molecule has 2 N–H and O–H groups in total. The predicted octanol–water partition coefficient (Wildman–Crippen LogP) is 2.25. The van der Waals surface area contributed by atoms with E-state index < -0.39 is 10.0 Å². The number of nitrogens with two attached hydrogens (primary N) is 1. The van der Waals surface area contributed by atoms with Gasteiger partial charge in [0.1, 0.15) is 10.6 Å². The summed E-state index contributed by atoms with van der Waals surface area (Å²) in [4.78, 5) is 0.0925. The van der Waals surface area contributed by atoms with Crippen molar-refractivity contribution in [3.8, 4) is 5.75 Å². The van der Waals surface area contributed by atoms with Crippen molar-refractivity contribution in [2.75, 3.05) is 18.9 Å². The van der Waals surface area contributed by atoms with Gasteiger partial charge in [-0.15, -0.1) is 6.58 Å². The Morgan fingerprint density at radius 1 is 1.45 bits per heavy atom. The normalized spacial score (nSPS) is 11.8. The number of rotatable bonds is 7. The van der Waals surface area contributed by atoms with E-state index >= 15 is 0 Å². The van der Waals surface area contributed by atoms with Crippen LogP contribution in [0.1, 0.15) is 20.8 Å². The monoisotopic (exact) mass is 298 g/mol. The molecule has 1 aromatic rings. The van der Waals surface area contributed by atoms with Gasteiger partial charge in [0.25, 0.3) is 0 Å². The number of anilines is 1. The van der Waals surface area contributed by atoms with Crippen molar-refractivity contribution in [2.24, 2.45) is 0 Å². The van der Waals surface area contributed by atoms with Gasteiger partial charge in [0.2, 0.25) is 10.0 Å². The van der Waals surface area contributed by atoms with E-state index in [1.54, 1.807) is 25.1 Å². The summed E-state index contributed by atoms with van der Waals surface area (Å²) in [6, 6.07) is 4.45. The van der Waals surface area contributed by atoms with Crippen LogP contribution in [0.25, 0.3) is 0 Å². The summed E-state index contributed by atoms with van der Waals surface area (Å²) in [6.45, 7) is 9.65. The Balaban J connectivity index is 3.39. The van der Waals surface area contributed by atoms with Crippen molar-refractivity contribution in [3.63, 3.8) is 0 Å². The van der Waals surface area contributed by atoms with Crippen LogP contribution in [0.15, 0.2) is 35.7 Å². The maximum absolute atomic E-state index is 12.8. The van der Waals surface area contributed by atoms with Gasteiger partial charge in [-0.05, 0) is 39.0 Å². The number of hydrogen-bond acceptors (Lipinski definition) is 4. The van der Waals surface area contributed by atoms with Gasteiger partial charge in [0.15, 0.2) is 0 Å². The first-order chi connectivity index (χ1) is 9.34. The van der Waals surface area contributed by atoms with Crippen LogP contribution in [-0.2, 0) is 10.0 Å². The van der Waals surface area contributed by atoms with E-state index in [-0.39, 0.29) is 17.5 Å². The highest BCUT2D eigenvalue weighted by atomic mass is 32.2. The van der Waals surface area contributed by atoms with Crippen LogP contribution in [0.3, 0.4) is 0 Å². The summed E-state index contributed by atoms with van der Waals surface area (Å²) in [6.07, 6.45) is 1.56. The Morgan fingerprint density at radius 2 is 2.10 bits per heavy atom. The number of benzene rings is 1. The van der Waals surface area contributed by atoms with E-state index in [4.69, 9.17) is 10.5 Å². The summed E-state index contributed by atoms with van der Waals surface area (Å²) in [5, 5.41) is 0. The van der Waals surface area contributed by atoms with Crippen LogP contribution in [0.4, 0.5) is 5.69 Å². The van der Waals surface area contributed by atoms with E-state index in [0.717, 1.165) is 0 Å². The lowest BCUT2D eigenvalue weighted by molar-refractivity contribution is 0.327. The molecular formula is C14H22N2O3S. The maximum atomic E-state index is 12.8. The molecular weight excluding hydrogens is 276 g/mol. The molecule has 5 nitrogen and oxygen atoms in total. The van der Waals surface area contributed by atoms with Crippen LogP contribution in [-0.4, -0.2) is 31.9 Å². The van der Waals surface area contributed by atoms with Crippen molar-refractivity contribution in [1.29, 1.82) is 0 Å². The summed E-state index contributed by atoms with van der Waals surface area (Å²) < 4.78 is 32.3. The van der Waals surface area contributed by atoms with E-state index in [0.29, 0.717) is 18.0 Å². The van der Waals surface area contributed by atoms with Gasteiger partial charge in [0.05, 0.1) is 6.61 Å². The van der Waals surface area contributed by atoms with E-state index in [9.17, 15) is 8.42 Å². The summed E-state index contributed by atoms with van der Waals surface area (Å²) >= 11 is 0. The van der Waals surface area contributed by atoms with Crippen LogP contribution in [0.2, 0.25) is 0 Å². The Morgan fingerprint density at radius 3 is 2.60 bits per heavy atom. The molecule has 0 aliphatic carbocycles. The molecule has 20 heavy (non-hydrogen) atoms. The van der Waals surface area contributed by atoms with E-state index in [1.807, 2.05) is 13.8 Å². The smallest absolute Gasteiger partial charge is 0.247 e. The molecule has 1 aromatic carbocycles. The number of sulfonamides is 1. The zero-order chi connectivity index (χ0) is 15.3. The summed E-state index contributed by atoms with van der Waals surface area (Å²) in [5.41, 5.74) is 6.10. The van der Waals surface area contributed by atoms with Crippen LogP contribution >= 0.6 is 0 Å². The van der Waals surface area contributed by atoms with Gasteiger partial charge < -0.3 is 10.5 Å². The number of nitrogen functional groups attached to an aromatic ring is 1. The van der Waals surface area contributed by atoms with Crippen LogP contribution in [0.5, 0.6) is 5.75 Å². The minimum Gasteiger partial charge on any atom is -0.492 e. The third-order valence-electron chi connectivity index (χ3n) is 2.74. The minimum absolute atomic E-state index is 0.0925. The number of nitrogens with zero attached hydrogens (tertiary/aromatic N) is 1. The molecule has 6 heteroatoms. The zero-order valence-corrected chi connectivity index (χ0v) is 13.0. The highest BCUT2D eigenvalue weighted by molar-refractivity contribution is 7.89. The number of ether oxygens (including phenoxy) is 1. The molecule has 0 saturated heterocycles. The molecule has 0 aromatic heterocycles. The van der Waals surface area contributed by atoms with Crippen molar-refractivity contribution < 1.29 is 13.2 Å². The molecule has 0 aliphatic heterocycles. The largest absolute Gasteiger partial charge is 0.492 e. The molecule has 0 unspecified atom stereocenters. The Hall–Kier alpha value is -1.53. The van der Waals surface area contributed by atoms with Gasteiger partial charge in [0, 0.05) is 18.3 Å². The first-order valence-electron chi connectivity index (χ1n) is 6.49. The standard InChI is InChI=1S/C14H22N2O3S/c1-5-9-16(11(3)4)20(17,18)14-10-12(15)7-8-13(14)19-6-2/h5,7-8,10-11H,1,6,9,15H2,2-4H3. The first kappa shape index (κ1) is 16.5. The summed E-state index contributed by atoms with van der Waals surface area (Å²) in [7, 11) is -3.68. The Labute approximate surface area is 121 Å². The molecule has 0 fully saturated rings. The fraction of sp³-hybridized carbons (Fsp3) is 0.429. The molecule has 0 heterocycles. The van der Waals surface area contributed by atoms with Crippen LogP contribution < -0.4 is 10.5 Å². The third-order valence-corrected chi connectivity index (χ3v) is 4.80. The summed E-state index contributed by atoms with van der Waals surface area (Å²) in [5.74, 6) is 0.316. The molecule has 1 rings (SSSR count). The van der Waals surface area contributed by atoms with Gasteiger partial charge in [-0.1, -0.05) is 6.08 Å². The molecule has 0 bridgehead atoms. The average molecular weight is 298 g/mol. The zero-order valence-electron chi connectivity index (χ0n) is 12.2. The fourth-order valence-electron chi connectivity index (χ4n) is 1.84. The quantitative estimate of drug-likeness (QED) is 0.619. The lowest BCUT2D eigenvalue weighted by atomic mass is 10.3. The SMILES string of the molecule is C=CCN(C(C)C)S(=O)(=O)c1cc(N)ccc1OCC. The van der Waals surface area contributed by atoms with Gasteiger partial charge in [-0.2, -0.15) is 4.31 Å². The molecule has 0 amide bonds. The molecule has 0 spiro atoms. The Bertz CT molecular complexity index is 568. The van der Waals surface area contributed by atoms with Crippen molar-refractivity contribution in [1.82, 2.24) is 4.31 Å². The molecule has 112 valence electrons. The first-order valence-corrected chi connectivity index (χ1v) is 7.93. The lowest BCUT2D eigenvalue weighted by Crippen LogP contribution is -2.37. The second-order valence-electron chi connectivity index (χ2n) is 4.60. The highest BCUT2D eigenvalue weighted by Gasteiger charge is 2.29. The Kier molecular flexibility index (Phi) is 5.59. The lowest BCUT2D eigenvalue weighted by Gasteiger charge is -2.25. The molecule has 0 radical (unpaired) electrons. The topological polar surface area (TPSA) is 72.6 Å². The third kappa shape index (κ3) is 3.52. The molecule has 0 saturated carbocycles. The van der Waals surface area contributed by atoms with Gasteiger partial charge in [-0.25, -0.2) is 8.42 Å². The highest BCUT2D eigenvalue weighted by Crippen LogP contribution is 2.29. The van der Waals surface area contributed by atoms with Crippen LogP contribution in [0, 0.1) is 0 Å². The number of hydrogen-bond donors (Lipinski definition) is 1. The second-order valence-corrected chi connectivity index (χ2v) is 6.46. The molecule has 0 atom stereocenters. The average Bonchev–Trinajstić information content (AvgIpc) is 2.37. The maximum Gasteiger partial charge on any atom is 0.247 e. The minimum atomic E-state index is -3.68. The van der Waals surface area contributed by atoms with E-state index in [2.05, 4.69) is 6.58 Å². The fourth-order valence-corrected chi connectivity index (χ4v) is 3.62. The van der Waals surface area contributed by atoms with Crippen molar-refractivity contribution in [2.45, 2.75) is 31.7 Å².